The van der Waals surface area contributed by atoms with Crippen molar-refractivity contribution in [3.05, 3.63) is 36.4 Å². The summed E-state index contributed by atoms with van der Waals surface area (Å²) in [7, 11) is 1.66. The van der Waals surface area contributed by atoms with Gasteiger partial charge in [0.15, 0.2) is 0 Å². The summed E-state index contributed by atoms with van der Waals surface area (Å²) in [5, 5.41) is 3.22. The van der Waals surface area contributed by atoms with Gasteiger partial charge in [-0.2, -0.15) is 4.98 Å². The molecule has 1 aliphatic heterocycles. The van der Waals surface area contributed by atoms with Crippen LogP contribution >= 0.6 is 0 Å². The molecular formula is C20H27N5O3. The number of aromatic nitrogens is 2. The molecule has 0 atom stereocenters. The lowest BCUT2D eigenvalue weighted by Crippen LogP contribution is -2.49. The summed E-state index contributed by atoms with van der Waals surface area (Å²) >= 11 is 0. The molecule has 0 saturated carbocycles. The number of piperazine rings is 1. The van der Waals surface area contributed by atoms with Crippen molar-refractivity contribution in [2.24, 2.45) is 0 Å². The second-order valence-electron chi connectivity index (χ2n) is 6.39. The number of nitrogens with one attached hydrogen (secondary N) is 1. The first-order valence-electron chi connectivity index (χ1n) is 9.55. The number of hydrogen-bond donors (Lipinski definition) is 1. The number of rotatable bonds is 7. The van der Waals surface area contributed by atoms with Crippen molar-refractivity contribution < 1.29 is 14.3 Å². The molecule has 8 nitrogen and oxygen atoms in total. The maximum atomic E-state index is 11.9. The van der Waals surface area contributed by atoms with Crippen LogP contribution in [0.1, 0.15) is 6.92 Å². The third-order valence-corrected chi connectivity index (χ3v) is 4.50. The average molecular weight is 385 g/mol. The lowest BCUT2D eigenvalue weighted by molar-refractivity contribution is 0.105. The summed E-state index contributed by atoms with van der Waals surface area (Å²) in [5.74, 6) is 1.42. The van der Waals surface area contributed by atoms with Gasteiger partial charge in [0.05, 0.1) is 18.9 Å². The van der Waals surface area contributed by atoms with Gasteiger partial charge >= 0.3 is 6.09 Å². The first-order chi connectivity index (χ1) is 13.7. The maximum absolute atomic E-state index is 11.9. The van der Waals surface area contributed by atoms with Crippen molar-refractivity contribution in [1.82, 2.24) is 14.9 Å². The summed E-state index contributed by atoms with van der Waals surface area (Å²) in [6.45, 7) is 6.02. The number of hydrogen-bond acceptors (Lipinski definition) is 7. The lowest BCUT2D eigenvalue weighted by atomic mass is 10.1. The number of carbonyl (C=O) groups excluding carboxylic acids is 1. The third kappa shape index (κ3) is 5.10. The van der Waals surface area contributed by atoms with Crippen LogP contribution in [0.25, 0.3) is 11.3 Å². The maximum Gasteiger partial charge on any atom is 0.409 e. The number of benzene rings is 1. The molecular weight excluding hydrogens is 358 g/mol. The van der Waals surface area contributed by atoms with Gasteiger partial charge in [0.1, 0.15) is 5.82 Å². The van der Waals surface area contributed by atoms with Crippen molar-refractivity contribution in [1.29, 1.82) is 0 Å². The summed E-state index contributed by atoms with van der Waals surface area (Å²) < 4.78 is 10.2. The number of ether oxygens (including phenoxy) is 2. The number of amides is 1. The molecule has 1 fully saturated rings. The molecule has 0 aliphatic carbocycles. The molecule has 1 N–H and O–H groups in total. The van der Waals surface area contributed by atoms with Crippen molar-refractivity contribution in [2.45, 2.75) is 6.92 Å². The van der Waals surface area contributed by atoms with E-state index in [0.717, 1.165) is 17.1 Å². The van der Waals surface area contributed by atoms with Crippen LogP contribution in [0, 0.1) is 0 Å². The predicted octanol–water partition coefficient (Wildman–Crippen LogP) is 2.48. The van der Waals surface area contributed by atoms with Gasteiger partial charge < -0.3 is 24.6 Å². The summed E-state index contributed by atoms with van der Waals surface area (Å²) in [5.41, 5.74) is 1.89. The van der Waals surface area contributed by atoms with Crippen molar-refractivity contribution in [3.8, 4) is 11.3 Å². The fraction of sp³-hybridized carbons (Fsp3) is 0.450. The first-order valence-corrected chi connectivity index (χ1v) is 9.55. The van der Waals surface area contributed by atoms with E-state index in [-0.39, 0.29) is 6.09 Å². The Morgan fingerprint density at radius 1 is 1.14 bits per heavy atom. The zero-order valence-corrected chi connectivity index (χ0v) is 16.4. The molecule has 28 heavy (non-hydrogen) atoms. The van der Waals surface area contributed by atoms with E-state index in [9.17, 15) is 4.79 Å². The van der Waals surface area contributed by atoms with Gasteiger partial charge in [-0.25, -0.2) is 9.78 Å². The van der Waals surface area contributed by atoms with Gasteiger partial charge in [-0.1, -0.05) is 30.3 Å². The fourth-order valence-electron chi connectivity index (χ4n) is 3.03. The number of carbonyl (C=O) groups is 1. The molecule has 0 spiro atoms. The molecule has 1 aromatic carbocycles. The van der Waals surface area contributed by atoms with E-state index in [1.54, 1.807) is 12.0 Å². The Labute approximate surface area is 165 Å². The quantitative estimate of drug-likeness (QED) is 0.734. The molecule has 1 amide bonds. The minimum Gasteiger partial charge on any atom is -0.450 e. The van der Waals surface area contributed by atoms with Crippen LogP contribution in [0.4, 0.5) is 16.6 Å². The van der Waals surface area contributed by atoms with Crippen molar-refractivity contribution >= 4 is 17.9 Å². The van der Waals surface area contributed by atoms with Crippen LogP contribution in [0.15, 0.2) is 36.4 Å². The Balaban J connectivity index is 1.78. The van der Waals surface area contributed by atoms with E-state index < -0.39 is 0 Å². The Bertz CT molecular complexity index is 764. The lowest BCUT2D eigenvalue weighted by Gasteiger charge is -2.34. The van der Waals surface area contributed by atoms with Crippen LogP contribution in [0.5, 0.6) is 0 Å². The summed E-state index contributed by atoms with van der Waals surface area (Å²) in [4.78, 5) is 25.1. The highest BCUT2D eigenvalue weighted by molar-refractivity contribution is 5.68. The first kappa shape index (κ1) is 19.9. The molecule has 1 saturated heterocycles. The Kier molecular flexibility index (Phi) is 7.02. The largest absolute Gasteiger partial charge is 0.450 e. The van der Waals surface area contributed by atoms with E-state index in [2.05, 4.69) is 20.2 Å². The zero-order valence-electron chi connectivity index (χ0n) is 16.4. The van der Waals surface area contributed by atoms with Gasteiger partial charge in [0.25, 0.3) is 0 Å². The molecule has 2 aromatic rings. The van der Waals surface area contributed by atoms with Crippen molar-refractivity contribution in [3.63, 3.8) is 0 Å². The van der Waals surface area contributed by atoms with Crippen LogP contribution in [-0.2, 0) is 9.47 Å². The Hall–Kier alpha value is -2.87. The Morgan fingerprint density at radius 3 is 2.57 bits per heavy atom. The van der Waals surface area contributed by atoms with Crippen LogP contribution < -0.4 is 10.2 Å². The summed E-state index contributed by atoms with van der Waals surface area (Å²) in [6.07, 6.45) is -0.253. The van der Waals surface area contributed by atoms with E-state index in [0.29, 0.717) is 51.9 Å². The molecule has 150 valence electrons. The average Bonchev–Trinajstić information content (AvgIpc) is 2.75. The molecule has 3 rings (SSSR count). The van der Waals surface area contributed by atoms with E-state index in [1.807, 2.05) is 43.3 Å². The molecule has 1 aromatic heterocycles. The molecule has 1 aliphatic rings. The van der Waals surface area contributed by atoms with Gasteiger partial charge in [0, 0.05) is 51.5 Å². The van der Waals surface area contributed by atoms with E-state index >= 15 is 0 Å². The Morgan fingerprint density at radius 2 is 1.89 bits per heavy atom. The molecule has 0 unspecified atom stereocenters. The van der Waals surface area contributed by atoms with Gasteiger partial charge in [-0.05, 0) is 6.92 Å². The molecule has 8 heteroatoms. The minimum atomic E-state index is -0.253. The minimum absolute atomic E-state index is 0.253. The smallest absolute Gasteiger partial charge is 0.409 e. The SMILES string of the molecule is CCOC(=O)N1CCN(c2cc(-c3ccccc3)nc(NCCOC)n2)CC1. The monoisotopic (exact) mass is 385 g/mol. The van der Waals surface area contributed by atoms with E-state index in [4.69, 9.17) is 9.47 Å². The zero-order chi connectivity index (χ0) is 19.8. The number of methoxy groups -OCH3 is 1. The predicted molar refractivity (Wildman–Crippen MR) is 109 cm³/mol. The fourth-order valence-corrected chi connectivity index (χ4v) is 3.03. The van der Waals surface area contributed by atoms with Gasteiger partial charge in [0.2, 0.25) is 5.95 Å². The second kappa shape index (κ2) is 9.89. The van der Waals surface area contributed by atoms with E-state index in [1.165, 1.54) is 0 Å². The van der Waals surface area contributed by atoms with Crippen LogP contribution in [0.3, 0.4) is 0 Å². The van der Waals surface area contributed by atoms with Crippen LogP contribution in [-0.4, -0.2) is 74.0 Å². The van der Waals surface area contributed by atoms with Crippen LogP contribution in [0.2, 0.25) is 0 Å². The number of anilines is 2. The normalized spacial score (nSPS) is 14.1. The highest BCUT2D eigenvalue weighted by Gasteiger charge is 2.23. The number of nitrogens with zero attached hydrogens (tertiary/aromatic N) is 4. The second-order valence-corrected chi connectivity index (χ2v) is 6.39. The topological polar surface area (TPSA) is 79.8 Å². The van der Waals surface area contributed by atoms with Gasteiger partial charge in [-0.15, -0.1) is 0 Å². The molecule has 2 heterocycles. The highest BCUT2D eigenvalue weighted by atomic mass is 16.6. The van der Waals surface area contributed by atoms with Crippen molar-refractivity contribution in [2.75, 3.05) is 63.3 Å². The third-order valence-electron chi connectivity index (χ3n) is 4.50. The summed E-state index contributed by atoms with van der Waals surface area (Å²) in [6, 6.07) is 12.0. The molecule has 0 radical (unpaired) electrons. The molecule has 0 bridgehead atoms. The highest BCUT2D eigenvalue weighted by Crippen LogP contribution is 2.24. The standard InChI is InChI=1S/C20H27N5O3/c1-3-28-20(26)25-12-10-24(11-13-25)18-15-17(16-7-5-4-6-8-16)22-19(23-18)21-9-14-27-2/h4-8,15H,3,9-14H2,1-2H3,(H,21,22,23). The van der Waals surface area contributed by atoms with Gasteiger partial charge in [-0.3, -0.25) is 0 Å².